The smallest absolute Gasteiger partial charge is 0.328 e. The van der Waals surface area contributed by atoms with Crippen molar-refractivity contribution in [1.82, 2.24) is 0 Å². The summed E-state index contributed by atoms with van der Waals surface area (Å²) < 4.78 is 5.61. The van der Waals surface area contributed by atoms with Crippen molar-refractivity contribution in [3.63, 3.8) is 0 Å². The Balaban J connectivity index is 2.34. The molecule has 1 aromatic rings. The quantitative estimate of drug-likeness (QED) is 0.618. The van der Waals surface area contributed by atoms with Crippen LogP contribution >= 0.6 is 0 Å². The highest BCUT2D eigenvalue weighted by molar-refractivity contribution is 5.81. The standard InChI is InChI=1S/C21H26O3/c1-14(11-20(22)23)7-6-8-15(2)16-12-18-17(19(13-16)24-5)9-10-21(18,3)4/h6-8,11-13H,9-10H2,1-5H3,(H,22,23)/b7-6+,14-11+,15-8-. The van der Waals surface area contributed by atoms with Gasteiger partial charge in [0.05, 0.1) is 7.11 Å². The summed E-state index contributed by atoms with van der Waals surface area (Å²) in [5.74, 6) is 0.0372. The van der Waals surface area contributed by atoms with E-state index < -0.39 is 5.97 Å². The molecule has 3 heteroatoms. The predicted molar refractivity (Wildman–Crippen MR) is 98.5 cm³/mol. The van der Waals surface area contributed by atoms with Gasteiger partial charge in [0.25, 0.3) is 0 Å². The molecule has 0 unspecified atom stereocenters. The van der Waals surface area contributed by atoms with Gasteiger partial charge in [-0.2, -0.15) is 0 Å². The van der Waals surface area contributed by atoms with E-state index >= 15 is 0 Å². The van der Waals surface area contributed by atoms with Crippen LogP contribution in [0.4, 0.5) is 0 Å². The second-order valence-corrected chi connectivity index (χ2v) is 7.02. The van der Waals surface area contributed by atoms with Crippen LogP contribution in [0.15, 0.2) is 42.0 Å². The first-order chi connectivity index (χ1) is 11.2. The van der Waals surface area contributed by atoms with Gasteiger partial charge in [-0.1, -0.05) is 38.1 Å². The van der Waals surface area contributed by atoms with Gasteiger partial charge in [-0.3, -0.25) is 0 Å². The average molecular weight is 326 g/mol. The lowest BCUT2D eigenvalue weighted by Crippen LogP contribution is -2.12. The minimum Gasteiger partial charge on any atom is -0.496 e. The molecule has 0 amide bonds. The van der Waals surface area contributed by atoms with E-state index in [-0.39, 0.29) is 5.41 Å². The first-order valence-electron chi connectivity index (χ1n) is 8.22. The SMILES string of the molecule is COc1cc(\C(C)=C/C=C/C(C)=C/C(=O)O)cc2c1CCC2(C)C. The zero-order chi connectivity index (χ0) is 17.9. The number of ether oxygens (including phenoxy) is 1. The molecule has 2 rings (SSSR count). The number of aliphatic carboxylic acids is 1. The second kappa shape index (κ2) is 7.08. The Kier molecular flexibility index (Phi) is 5.33. The fourth-order valence-corrected chi connectivity index (χ4v) is 3.17. The zero-order valence-corrected chi connectivity index (χ0v) is 15.1. The minimum atomic E-state index is -0.927. The van der Waals surface area contributed by atoms with E-state index in [0.717, 1.165) is 29.7 Å². The molecule has 0 bridgehead atoms. The highest BCUT2D eigenvalue weighted by atomic mass is 16.5. The van der Waals surface area contributed by atoms with Gasteiger partial charge < -0.3 is 9.84 Å². The summed E-state index contributed by atoms with van der Waals surface area (Å²) in [4.78, 5) is 10.6. The summed E-state index contributed by atoms with van der Waals surface area (Å²) in [6.45, 7) is 8.39. The largest absolute Gasteiger partial charge is 0.496 e. The molecule has 0 aromatic heterocycles. The summed E-state index contributed by atoms with van der Waals surface area (Å²) in [5, 5.41) is 8.73. The lowest BCUT2D eigenvalue weighted by molar-refractivity contribution is -0.131. The predicted octanol–water partition coefficient (Wildman–Crippen LogP) is 4.91. The first kappa shape index (κ1) is 18.1. The van der Waals surface area contributed by atoms with E-state index in [9.17, 15) is 4.79 Å². The molecule has 24 heavy (non-hydrogen) atoms. The Hall–Kier alpha value is -2.29. The van der Waals surface area contributed by atoms with Crippen molar-refractivity contribution in [2.24, 2.45) is 0 Å². The number of carboxylic acid groups (broad SMARTS) is 1. The third kappa shape index (κ3) is 3.97. The highest BCUT2D eigenvalue weighted by Gasteiger charge is 2.32. The molecule has 1 aliphatic rings. The number of rotatable bonds is 5. The number of allylic oxidation sites excluding steroid dienone is 5. The molecule has 0 saturated heterocycles. The van der Waals surface area contributed by atoms with Crippen molar-refractivity contribution in [3.8, 4) is 5.75 Å². The van der Waals surface area contributed by atoms with E-state index in [4.69, 9.17) is 9.84 Å². The Morgan fingerprint density at radius 1 is 1.29 bits per heavy atom. The Morgan fingerprint density at radius 3 is 2.62 bits per heavy atom. The van der Waals surface area contributed by atoms with Crippen LogP contribution < -0.4 is 4.74 Å². The van der Waals surface area contributed by atoms with Gasteiger partial charge in [0, 0.05) is 6.08 Å². The molecule has 1 N–H and O–H groups in total. The van der Waals surface area contributed by atoms with Gasteiger partial charge in [0.1, 0.15) is 5.75 Å². The fraction of sp³-hybridized carbons (Fsp3) is 0.381. The van der Waals surface area contributed by atoms with Gasteiger partial charge in [0.15, 0.2) is 0 Å². The van der Waals surface area contributed by atoms with Crippen LogP contribution in [0.25, 0.3) is 5.57 Å². The Bertz CT molecular complexity index is 734. The van der Waals surface area contributed by atoms with Crippen LogP contribution in [0.1, 0.15) is 50.8 Å². The first-order valence-corrected chi connectivity index (χ1v) is 8.22. The molecule has 0 atom stereocenters. The molecule has 1 aromatic carbocycles. The maximum absolute atomic E-state index is 10.6. The number of benzene rings is 1. The highest BCUT2D eigenvalue weighted by Crippen LogP contribution is 2.43. The molecule has 128 valence electrons. The maximum Gasteiger partial charge on any atom is 0.328 e. The van der Waals surface area contributed by atoms with Crippen LogP contribution in [-0.4, -0.2) is 18.2 Å². The lowest BCUT2D eigenvalue weighted by atomic mass is 9.85. The fourth-order valence-electron chi connectivity index (χ4n) is 3.17. The van der Waals surface area contributed by atoms with E-state index in [1.165, 1.54) is 17.2 Å². The average Bonchev–Trinajstić information content (AvgIpc) is 2.81. The molecule has 0 heterocycles. The summed E-state index contributed by atoms with van der Waals surface area (Å²) >= 11 is 0. The number of carboxylic acids is 1. The van der Waals surface area contributed by atoms with E-state index in [0.29, 0.717) is 5.57 Å². The van der Waals surface area contributed by atoms with Crippen molar-refractivity contribution < 1.29 is 14.6 Å². The van der Waals surface area contributed by atoms with Crippen molar-refractivity contribution in [2.75, 3.05) is 7.11 Å². The summed E-state index contributed by atoms with van der Waals surface area (Å²) in [7, 11) is 1.73. The molecule has 0 spiro atoms. The van der Waals surface area contributed by atoms with Crippen LogP contribution in [0, 0.1) is 0 Å². The number of methoxy groups -OCH3 is 1. The summed E-state index contributed by atoms with van der Waals surface area (Å²) in [6, 6.07) is 4.37. The molecular weight excluding hydrogens is 300 g/mol. The molecule has 0 aliphatic heterocycles. The molecule has 0 saturated carbocycles. The van der Waals surface area contributed by atoms with Gasteiger partial charge in [-0.05, 0) is 66.0 Å². The lowest BCUT2D eigenvalue weighted by Gasteiger charge is -2.20. The van der Waals surface area contributed by atoms with Crippen LogP contribution in [0.5, 0.6) is 5.75 Å². The second-order valence-electron chi connectivity index (χ2n) is 7.02. The van der Waals surface area contributed by atoms with Crippen molar-refractivity contribution in [3.05, 3.63) is 58.7 Å². The van der Waals surface area contributed by atoms with Crippen LogP contribution in [-0.2, 0) is 16.6 Å². The van der Waals surface area contributed by atoms with Crippen LogP contribution in [0.2, 0.25) is 0 Å². The van der Waals surface area contributed by atoms with Crippen LogP contribution in [0.3, 0.4) is 0 Å². The van der Waals surface area contributed by atoms with E-state index in [2.05, 4.69) is 32.9 Å². The van der Waals surface area contributed by atoms with E-state index in [1.807, 2.05) is 12.2 Å². The number of hydrogen-bond acceptors (Lipinski definition) is 2. The van der Waals surface area contributed by atoms with Gasteiger partial charge >= 0.3 is 5.97 Å². The third-order valence-corrected chi connectivity index (χ3v) is 4.67. The van der Waals surface area contributed by atoms with Gasteiger partial charge in [-0.15, -0.1) is 0 Å². The number of hydrogen-bond donors (Lipinski definition) is 1. The summed E-state index contributed by atoms with van der Waals surface area (Å²) in [5.41, 5.74) is 5.85. The van der Waals surface area contributed by atoms with Crippen molar-refractivity contribution in [1.29, 1.82) is 0 Å². The van der Waals surface area contributed by atoms with Gasteiger partial charge in [-0.25, -0.2) is 4.79 Å². The van der Waals surface area contributed by atoms with Crippen molar-refractivity contribution >= 4 is 11.5 Å². The summed E-state index contributed by atoms with van der Waals surface area (Å²) in [6.07, 6.45) is 9.08. The zero-order valence-electron chi connectivity index (χ0n) is 15.1. The minimum absolute atomic E-state index is 0.176. The van der Waals surface area contributed by atoms with E-state index in [1.54, 1.807) is 20.1 Å². The monoisotopic (exact) mass is 326 g/mol. The molecule has 3 nitrogen and oxygen atoms in total. The molecule has 0 fully saturated rings. The molecular formula is C21H26O3. The third-order valence-electron chi connectivity index (χ3n) is 4.67. The normalized spacial score (nSPS) is 17.2. The van der Waals surface area contributed by atoms with Crippen molar-refractivity contribution in [2.45, 2.75) is 46.0 Å². The maximum atomic E-state index is 10.6. The Morgan fingerprint density at radius 2 is 2.00 bits per heavy atom. The van der Waals surface area contributed by atoms with Gasteiger partial charge in [0.2, 0.25) is 0 Å². The topological polar surface area (TPSA) is 46.5 Å². The number of fused-ring (bicyclic) bond motifs is 1. The number of carbonyl (C=O) groups is 1. The molecule has 1 aliphatic carbocycles. The molecule has 0 radical (unpaired) electrons. The Labute approximate surface area is 144 Å².